The van der Waals surface area contributed by atoms with Gasteiger partial charge in [0.15, 0.2) is 0 Å². The molecule has 2 aliphatic rings. The molecule has 0 amide bonds. The van der Waals surface area contributed by atoms with Crippen molar-refractivity contribution in [2.75, 3.05) is 12.3 Å². The van der Waals surface area contributed by atoms with Crippen LogP contribution in [0.5, 0.6) is 0 Å². The van der Waals surface area contributed by atoms with Gasteiger partial charge in [-0.15, -0.1) is 0 Å². The van der Waals surface area contributed by atoms with Gasteiger partial charge in [0.25, 0.3) is 0 Å². The van der Waals surface area contributed by atoms with Crippen LogP contribution in [0.4, 0.5) is 14.5 Å². The fourth-order valence-electron chi connectivity index (χ4n) is 3.97. The third kappa shape index (κ3) is 3.03. The first kappa shape index (κ1) is 17.9. The molecule has 1 saturated carbocycles. The second-order valence-corrected chi connectivity index (χ2v) is 8.56. The summed E-state index contributed by atoms with van der Waals surface area (Å²) in [6.07, 6.45) is 3.53. The summed E-state index contributed by atoms with van der Waals surface area (Å²) in [5.74, 6) is -0.382. The monoisotopic (exact) mass is 421 g/mol. The fourth-order valence-corrected chi connectivity index (χ4v) is 4.27. The average molecular weight is 422 g/mol. The van der Waals surface area contributed by atoms with E-state index in [1.54, 1.807) is 6.20 Å². The number of aromatic nitrogens is 1. The minimum atomic E-state index is -1.15. The number of nitrogens with two attached hydrogens (primary N) is 1. The number of fused-ring (bicyclic) bond motifs is 1. The molecule has 3 nitrogen and oxygen atoms in total. The largest absolute Gasteiger partial charge is 0.399 e. The molecule has 1 aliphatic heterocycles. The molecular formula is C20H22BrF2N3. The maximum Gasteiger partial charge on any atom is 0.147 e. The summed E-state index contributed by atoms with van der Waals surface area (Å²) >= 11 is 3.27. The lowest BCUT2D eigenvalue weighted by Crippen LogP contribution is -2.46. The molecule has 1 aromatic heterocycles. The molecule has 2 aromatic rings. The number of alkyl halides is 1. The highest BCUT2D eigenvalue weighted by Crippen LogP contribution is 2.46. The van der Waals surface area contributed by atoms with E-state index in [-0.39, 0.29) is 11.9 Å². The van der Waals surface area contributed by atoms with Gasteiger partial charge in [-0.3, -0.25) is 9.88 Å². The molecule has 0 radical (unpaired) electrons. The van der Waals surface area contributed by atoms with Crippen LogP contribution < -0.4 is 5.73 Å². The zero-order valence-electron chi connectivity index (χ0n) is 14.9. The summed E-state index contributed by atoms with van der Waals surface area (Å²) in [5, 5.41) is 0. The average Bonchev–Trinajstić information content (AvgIpc) is 3.31. The van der Waals surface area contributed by atoms with Crippen LogP contribution in [0.15, 0.2) is 28.9 Å². The second kappa shape index (κ2) is 6.27. The number of anilines is 1. The van der Waals surface area contributed by atoms with Gasteiger partial charge in [-0.2, -0.15) is 0 Å². The van der Waals surface area contributed by atoms with Gasteiger partial charge in [0.2, 0.25) is 0 Å². The van der Waals surface area contributed by atoms with E-state index < -0.39 is 11.7 Å². The maximum atomic E-state index is 14.8. The van der Waals surface area contributed by atoms with Gasteiger partial charge in [0.1, 0.15) is 11.5 Å². The van der Waals surface area contributed by atoms with Crippen molar-refractivity contribution in [2.45, 2.75) is 50.9 Å². The van der Waals surface area contributed by atoms with Crippen LogP contribution in [0.25, 0.3) is 0 Å². The van der Waals surface area contributed by atoms with Crippen molar-refractivity contribution in [2.24, 2.45) is 0 Å². The smallest absolute Gasteiger partial charge is 0.147 e. The van der Waals surface area contributed by atoms with E-state index in [9.17, 15) is 8.78 Å². The summed E-state index contributed by atoms with van der Waals surface area (Å²) in [7, 11) is 0. The Morgan fingerprint density at radius 3 is 2.77 bits per heavy atom. The number of halogens is 3. The molecule has 4 rings (SSSR count). The molecule has 138 valence electrons. The Kier molecular flexibility index (Phi) is 4.31. The molecule has 0 spiro atoms. The predicted molar refractivity (Wildman–Crippen MR) is 102 cm³/mol. The highest BCUT2D eigenvalue weighted by Gasteiger charge is 2.48. The lowest BCUT2D eigenvalue weighted by Gasteiger charge is -2.43. The van der Waals surface area contributed by atoms with Crippen LogP contribution in [0.3, 0.4) is 0 Å². The third-order valence-electron chi connectivity index (χ3n) is 5.72. The Bertz CT molecular complexity index is 866. The van der Waals surface area contributed by atoms with Crippen LogP contribution in [-0.2, 0) is 6.42 Å². The molecule has 2 heterocycles. The topological polar surface area (TPSA) is 42.1 Å². The van der Waals surface area contributed by atoms with E-state index in [2.05, 4.69) is 32.7 Å². The van der Waals surface area contributed by atoms with Crippen molar-refractivity contribution in [3.05, 3.63) is 57.1 Å². The maximum absolute atomic E-state index is 14.8. The quantitative estimate of drug-likeness (QED) is 0.729. The van der Waals surface area contributed by atoms with Crippen molar-refractivity contribution in [1.82, 2.24) is 9.88 Å². The third-order valence-corrected chi connectivity index (χ3v) is 6.16. The number of benzene rings is 1. The van der Waals surface area contributed by atoms with E-state index in [0.29, 0.717) is 29.6 Å². The lowest BCUT2D eigenvalue weighted by molar-refractivity contribution is 0.0945. The number of nitrogen functional groups attached to an aromatic ring is 1. The Labute approximate surface area is 160 Å². The van der Waals surface area contributed by atoms with Crippen LogP contribution in [0, 0.1) is 12.7 Å². The summed E-state index contributed by atoms with van der Waals surface area (Å²) in [4.78, 5) is 6.44. The highest BCUT2D eigenvalue weighted by molar-refractivity contribution is 9.10. The van der Waals surface area contributed by atoms with Crippen LogP contribution in [0.2, 0.25) is 0 Å². The fraction of sp³-hybridized carbons (Fsp3) is 0.450. The van der Waals surface area contributed by atoms with E-state index in [4.69, 9.17) is 5.73 Å². The number of hydrogen-bond donors (Lipinski definition) is 1. The van der Waals surface area contributed by atoms with Gasteiger partial charge in [-0.1, -0.05) is 6.07 Å². The highest BCUT2D eigenvalue weighted by atomic mass is 79.9. The van der Waals surface area contributed by atoms with E-state index in [0.717, 1.165) is 28.8 Å². The lowest BCUT2D eigenvalue weighted by atomic mass is 9.83. The summed E-state index contributed by atoms with van der Waals surface area (Å²) in [6.45, 7) is 4.37. The molecular weight excluding hydrogens is 400 g/mol. The summed E-state index contributed by atoms with van der Waals surface area (Å²) in [5.41, 5.74) is 9.16. The SMILES string of the molecule is Cc1c(N)ccc2c1C[C@@H](C)N(CC1(F)CC1)C2c1ncc(Br)cc1F. The molecule has 1 aliphatic carbocycles. The normalized spacial score (nSPS) is 24.3. The molecule has 2 N–H and O–H groups in total. The Morgan fingerprint density at radius 1 is 1.38 bits per heavy atom. The number of hydrogen-bond acceptors (Lipinski definition) is 3. The molecule has 1 aromatic carbocycles. The first-order valence-electron chi connectivity index (χ1n) is 8.92. The van der Waals surface area contributed by atoms with Crippen molar-refractivity contribution >= 4 is 21.6 Å². The zero-order valence-corrected chi connectivity index (χ0v) is 16.5. The molecule has 0 bridgehead atoms. The van der Waals surface area contributed by atoms with Crippen molar-refractivity contribution in [1.29, 1.82) is 0 Å². The Morgan fingerprint density at radius 2 is 2.12 bits per heavy atom. The van der Waals surface area contributed by atoms with E-state index in [1.807, 2.05) is 19.1 Å². The summed E-state index contributed by atoms with van der Waals surface area (Å²) < 4.78 is 30.1. The Hall–Kier alpha value is -1.53. The van der Waals surface area contributed by atoms with Crippen molar-refractivity contribution in [3.63, 3.8) is 0 Å². The van der Waals surface area contributed by atoms with Crippen molar-refractivity contribution < 1.29 is 8.78 Å². The van der Waals surface area contributed by atoms with E-state index >= 15 is 0 Å². The van der Waals surface area contributed by atoms with Gasteiger partial charge in [0, 0.05) is 28.9 Å². The summed E-state index contributed by atoms with van der Waals surface area (Å²) in [6, 6.07) is 4.89. The molecule has 26 heavy (non-hydrogen) atoms. The minimum Gasteiger partial charge on any atom is -0.399 e. The van der Waals surface area contributed by atoms with Crippen LogP contribution >= 0.6 is 15.9 Å². The molecule has 6 heteroatoms. The Balaban J connectivity index is 1.88. The zero-order chi connectivity index (χ0) is 18.6. The molecule has 1 unspecified atom stereocenters. The van der Waals surface area contributed by atoms with Gasteiger partial charge in [-0.05, 0) is 77.9 Å². The first-order valence-corrected chi connectivity index (χ1v) is 9.72. The number of nitrogens with zero attached hydrogens (tertiary/aromatic N) is 2. The predicted octanol–water partition coefficient (Wildman–Crippen LogP) is 4.71. The second-order valence-electron chi connectivity index (χ2n) is 7.65. The number of pyridine rings is 1. The van der Waals surface area contributed by atoms with Gasteiger partial charge >= 0.3 is 0 Å². The van der Waals surface area contributed by atoms with Gasteiger partial charge in [0.05, 0.1) is 11.7 Å². The standard InChI is InChI=1S/C20H22BrF2N3/c1-11-7-15-12(2)17(24)4-3-14(15)19(26(11)10-20(23)5-6-20)18-16(22)8-13(21)9-25-18/h3-4,8-9,11,19H,5-7,10,24H2,1-2H3/t11-,19?/m1/s1. The van der Waals surface area contributed by atoms with Crippen LogP contribution in [-0.4, -0.2) is 28.1 Å². The molecule has 1 fully saturated rings. The molecule has 0 saturated heterocycles. The van der Waals surface area contributed by atoms with Gasteiger partial charge < -0.3 is 5.73 Å². The van der Waals surface area contributed by atoms with Crippen molar-refractivity contribution in [3.8, 4) is 0 Å². The minimum absolute atomic E-state index is 0.0751. The van der Waals surface area contributed by atoms with E-state index in [1.165, 1.54) is 6.07 Å². The molecule has 2 atom stereocenters. The number of rotatable bonds is 3. The van der Waals surface area contributed by atoms with Gasteiger partial charge in [-0.25, -0.2) is 8.78 Å². The first-order chi connectivity index (χ1) is 12.3. The van der Waals surface area contributed by atoms with Crippen LogP contribution in [0.1, 0.15) is 48.2 Å².